The van der Waals surface area contributed by atoms with Gasteiger partial charge in [0.1, 0.15) is 0 Å². The lowest BCUT2D eigenvalue weighted by molar-refractivity contribution is -0.140. The Bertz CT molecular complexity index is 604. The van der Waals surface area contributed by atoms with Crippen LogP contribution in [-0.4, -0.2) is 27.2 Å². The number of benzene rings is 1. The first kappa shape index (κ1) is 17.3. The minimum Gasteiger partial charge on any atom is -0.469 e. The van der Waals surface area contributed by atoms with Gasteiger partial charge in [-0.05, 0) is 47.0 Å². The van der Waals surface area contributed by atoms with Crippen molar-refractivity contribution in [3.63, 3.8) is 0 Å². The van der Waals surface area contributed by atoms with Crippen LogP contribution in [0.2, 0.25) is 5.02 Å². The smallest absolute Gasteiger partial charge is 0.305 e. The fourth-order valence-electron chi connectivity index (χ4n) is 1.45. The van der Waals surface area contributed by atoms with Gasteiger partial charge in [-0.1, -0.05) is 11.6 Å². The Labute approximate surface area is 131 Å². The van der Waals surface area contributed by atoms with Crippen LogP contribution in [0.3, 0.4) is 0 Å². The molecular weight excluding hydrogens is 370 g/mol. The Morgan fingerprint density at radius 2 is 2.10 bits per heavy atom. The lowest BCUT2D eigenvalue weighted by Gasteiger charge is -2.11. The second kappa shape index (κ2) is 7.28. The SMILES string of the molecule is COC(=O)CCCS(=O)(=O)Nc1cc(Cl)c(C)cc1Br. The third kappa shape index (κ3) is 5.30. The molecule has 0 spiro atoms. The van der Waals surface area contributed by atoms with Crippen LogP contribution in [-0.2, 0) is 19.6 Å². The number of hydrogen-bond acceptors (Lipinski definition) is 4. The second-order valence-electron chi connectivity index (χ2n) is 4.18. The number of ether oxygens (including phenoxy) is 1. The third-order valence-corrected chi connectivity index (χ3v) is 4.96. The molecule has 112 valence electrons. The summed E-state index contributed by atoms with van der Waals surface area (Å²) in [7, 11) is -2.27. The second-order valence-corrected chi connectivity index (χ2v) is 7.29. The predicted molar refractivity (Wildman–Crippen MR) is 82.5 cm³/mol. The van der Waals surface area contributed by atoms with Crippen molar-refractivity contribution in [1.29, 1.82) is 0 Å². The van der Waals surface area contributed by atoms with Gasteiger partial charge < -0.3 is 4.74 Å². The maximum absolute atomic E-state index is 11.9. The third-order valence-electron chi connectivity index (χ3n) is 2.54. The Morgan fingerprint density at radius 3 is 2.70 bits per heavy atom. The van der Waals surface area contributed by atoms with E-state index in [0.29, 0.717) is 15.2 Å². The standard InChI is InChI=1S/C12H15BrClNO4S/c1-8-6-9(13)11(7-10(8)14)15-20(17,18)5-3-4-12(16)19-2/h6-7,15H,3-5H2,1-2H3. The van der Waals surface area contributed by atoms with Gasteiger partial charge in [0.15, 0.2) is 0 Å². The number of hydrogen-bond donors (Lipinski definition) is 1. The molecule has 1 aromatic carbocycles. The minimum atomic E-state index is -3.54. The molecule has 0 aliphatic carbocycles. The summed E-state index contributed by atoms with van der Waals surface area (Å²) in [5.41, 5.74) is 1.21. The van der Waals surface area contributed by atoms with E-state index in [2.05, 4.69) is 25.4 Å². The fourth-order valence-corrected chi connectivity index (χ4v) is 3.43. The Morgan fingerprint density at radius 1 is 1.45 bits per heavy atom. The fraction of sp³-hybridized carbons (Fsp3) is 0.417. The molecule has 20 heavy (non-hydrogen) atoms. The lowest BCUT2D eigenvalue weighted by atomic mass is 10.2. The monoisotopic (exact) mass is 383 g/mol. The van der Waals surface area contributed by atoms with Crippen molar-refractivity contribution in [3.05, 3.63) is 27.2 Å². The van der Waals surface area contributed by atoms with Crippen molar-refractivity contribution in [1.82, 2.24) is 0 Å². The van der Waals surface area contributed by atoms with E-state index in [4.69, 9.17) is 11.6 Å². The summed E-state index contributed by atoms with van der Waals surface area (Å²) in [5, 5.41) is 0.473. The number of carbonyl (C=O) groups is 1. The molecule has 0 amide bonds. The molecule has 0 radical (unpaired) electrons. The quantitative estimate of drug-likeness (QED) is 0.765. The molecule has 0 saturated heterocycles. The Hall–Kier alpha value is -0.790. The summed E-state index contributed by atoms with van der Waals surface area (Å²) < 4.78 is 31.3. The number of anilines is 1. The van der Waals surface area contributed by atoms with Crippen LogP contribution in [0.15, 0.2) is 16.6 Å². The molecular formula is C12H15BrClNO4S. The van der Waals surface area contributed by atoms with E-state index in [9.17, 15) is 13.2 Å². The molecule has 0 aliphatic rings. The molecule has 0 bridgehead atoms. The average molecular weight is 385 g/mol. The van der Waals surface area contributed by atoms with Crippen molar-refractivity contribution < 1.29 is 17.9 Å². The normalized spacial score (nSPS) is 11.2. The zero-order valence-corrected chi connectivity index (χ0v) is 14.2. The maximum atomic E-state index is 11.9. The number of esters is 1. The highest BCUT2D eigenvalue weighted by molar-refractivity contribution is 9.10. The zero-order chi connectivity index (χ0) is 15.3. The largest absolute Gasteiger partial charge is 0.469 e. The summed E-state index contributed by atoms with van der Waals surface area (Å²) in [6, 6.07) is 3.27. The van der Waals surface area contributed by atoms with E-state index in [1.165, 1.54) is 7.11 Å². The topological polar surface area (TPSA) is 72.5 Å². The first-order chi connectivity index (χ1) is 9.25. The summed E-state index contributed by atoms with van der Waals surface area (Å²) in [4.78, 5) is 10.9. The number of nitrogens with one attached hydrogen (secondary N) is 1. The van der Waals surface area contributed by atoms with Crippen LogP contribution >= 0.6 is 27.5 Å². The van der Waals surface area contributed by atoms with Crippen molar-refractivity contribution in [2.45, 2.75) is 19.8 Å². The first-order valence-corrected chi connectivity index (χ1v) is 8.60. The van der Waals surface area contributed by atoms with Gasteiger partial charge in [-0.2, -0.15) is 0 Å². The van der Waals surface area contributed by atoms with Gasteiger partial charge >= 0.3 is 5.97 Å². The van der Waals surface area contributed by atoms with Crippen molar-refractivity contribution in [3.8, 4) is 0 Å². The van der Waals surface area contributed by atoms with Gasteiger partial charge in [-0.3, -0.25) is 9.52 Å². The molecule has 5 nitrogen and oxygen atoms in total. The van der Waals surface area contributed by atoms with E-state index >= 15 is 0 Å². The average Bonchev–Trinajstić information content (AvgIpc) is 2.35. The maximum Gasteiger partial charge on any atom is 0.305 e. The number of halogens is 2. The van der Waals surface area contributed by atoms with E-state index < -0.39 is 16.0 Å². The Balaban J connectivity index is 2.71. The van der Waals surface area contributed by atoms with Crippen LogP contribution in [0.5, 0.6) is 0 Å². The predicted octanol–water partition coefficient (Wildman–Crippen LogP) is 3.11. The number of rotatable bonds is 6. The Kier molecular flexibility index (Phi) is 6.29. The van der Waals surface area contributed by atoms with Gasteiger partial charge in [-0.15, -0.1) is 0 Å². The van der Waals surface area contributed by atoms with Crippen LogP contribution in [0.1, 0.15) is 18.4 Å². The highest BCUT2D eigenvalue weighted by Gasteiger charge is 2.14. The molecule has 1 N–H and O–H groups in total. The molecule has 8 heteroatoms. The van der Waals surface area contributed by atoms with Crippen LogP contribution in [0.4, 0.5) is 5.69 Å². The molecule has 0 heterocycles. The van der Waals surface area contributed by atoms with E-state index in [0.717, 1.165) is 5.56 Å². The zero-order valence-electron chi connectivity index (χ0n) is 11.1. The molecule has 0 unspecified atom stereocenters. The highest BCUT2D eigenvalue weighted by Crippen LogP contribution is 2.29. The van der Waals surface area contributed by atoms with Crippen molar-refractivity contribution in [2.75, 3.05) is 17.6 Å². The van der Waals surface area contributed by atoms with Gasteiger partial charge in [0.25, 0.3) is 0 Å². The molecule has 1 aromatic rings. The van der Waals surface area contributed by atoms with E-state index in [-0.39, 0.29) is 18.6 Å². The summed E-state index contributed by atoms with van der Waals surface area (Å²) in [6.45, 7) is 1.82. The van der Waals surface area contributed by atoms with Gasteiger partial charge in [0.2, 0.25) is 10.0 Å². The molecule has 0 saturated carbocycles. The van der Waals surface area contributed by atoms with Crippen LogP contribution in [0, 0.1) is 6.92 Å². The number of methoxy groups -OCH3 is 1. The van der Waals surface area contributed by atoms with Gasteiger partial charge in [0, 0.05) is 15.9 Å². The van der Waals surface area contributed by atoms with E-state index in [1.807, 2.05) is 6.92 Å². The highest BCUT2D eigenvalue weighted by atomic mass is 79.9. The van der Waals surface area contributed by atoms with Gasteiger partial charge in [0.05, 0.1) is 18.6 Å². The van der Waals surface area contributed by atoms with Crippen molar-refractivity contribution in [2.24, 2.45) is 0 Å². The number of sulfonamides is 1. The molecule has 0 fully saturated rings. The molecule has 0 atom stereocenters. The molecule has 0 aromatic heterocycles. The van der Waals surface area contributed by atoms with Gasteiger partial charge in [-0.25, -0.2) is 8.42 Å². The lowest BCUT2D eigenvalue weighted by Crippen LogP contribution is -2.18. The summed E-state index contributed by atoms with van der Waals surface area (Å²) in [5.74, 6) is -0.597. The number of carbonyl (C=O) groups excluding carboxylic acids is 1. The number of aryl methyl sites for hydroxylation is 1. The first-order valence-electron chi connectivity index (χ1n) is 5.78. The van der Waals surface area contributed by atoms with E-state index in [1.54, 1.807) is 12.1 Å². The minimum absolute atomic E-state index is 0.0627. The van der Waals surface area contributed by atoms with Crippen molar-refractivity contribution >= 4 is 49.2 Å². The molecule has 1 rings (SSSR count). The summed E-state index contributed by atoms with van der Waals surface area (Å²) in [6.07, 6.45) is 0.256. The molecule has 0 aliphatic heterocycles. The van der Waals surface area contributed by atoms with Crippen LogP contribution in [0.25, 0.3) is 0 Å². The summed E-state index contributed by atoms with van der Waals surface area (Å²) >= 11 is 9.24. The van der Waals surface area contributed by atoms with Crippen LogP contribution < -0.4 is 4.72 Å².